The number of anilines is 1. The van der Waals surface area contributed by atoms with Crippen molar-refractivity contribution in [3.05, 3.63) is 53.9 Å². The van der Waals surface area contributed by atoms with E-state index in [1.807, 2.05) is 12.1 Å². The molecule has 1 aliphatic heterocycles. The molecule has 1 N–H and O–H groups in total. The summed E-state index contributed by atoms with van der Waals surface area (Å²) in [5.41, 5.74) is 2.19. The van der Waals surface area contributed by atoms with Crippen LogP contribution in [0.15, 0.2) is 47.6 Å². The summed E-state index contributed by atoms with van der Waals surface area (Å²) < 4.78 is 12.0. The predicted octanol–water partition coefficient (Wildman–Crippen LogP) is 2.00. The number of pyridine rings is 1. The maximum atomic E-state index is 12.1. The van der Waals surface area contributed by atoms with Gasteiger partial charge in [-0.1, -0.05) is 12.1 Å². The molecule has 3 rings (SSSR count). The van der Waals surface area contributed by atoms with E-state index in [-0.39, 0.29) is 5.91 Å². The zero-order valence-electron chi connectivity index (χ0n) is 10.1. The molecular weight excluding hydrogens is 260 g/mol. The third-order valence-corrected chi connectivity index (χ3v) is 4.57. The van der Waals surface area contributed by atoms with E-state index in [2.05, 4.69) is 10.3 Å². The molecule has 2 heterocycles. The standard InChI is InChI=1S/C14H12N2O2S/c17-14(11-4-2-7-15-9-11)16-12-5-1-3-10-6-8-19(18)13(10)12/h1-5,7,9H,6,8H2,(H,16,17). The molecule has 1 aliphatic rings. The zero-order chi connectivity index (χ0) is 13.2. The Morgan fingerprint density at radius 1 is 1.26 bits per heavy atom. The second-order valence-electron chi connectivity index (χ2n) is 4.29. The first-order valence-corrected chi connectivity index (χ1v) is 7.29. The number of benzene rings is 1. The maximum absolute atomic E-state index is 12.1. The largest absolute Gasteiger partial charge is 0.321 e. The van der Waals surface area contributed by atoms with Crippen LogP contribution in [0.5, 0.6) is 0 Å². The Morgan fingerprint density at radius 3 is 2.95 bits per heavy atom. The number of hydrogen-bond acceptors (Lipinski definition) is 3. The molecule has 0 saturated carbocycles. The van der Waals surface area contributed by atoms with Crippen molar-refractivity contribution < 1.29 is 9.00 Å². The van der Waals surface area contributed by atoms with Gasteiger partial charge in [-0.3, -0.25) is 14.0 Å². The Bertz CT molecular complexity index is 656. The van der Waals surface area contributed by atoms with Gasteiger partial charge in [0.25, 0.3) is 5.91 Å². The fourth-order valence-corrected chi connectivity index (χ4v) is 3.58. The lowest BCUT2D eigenvalue weighted by Gasteiger charge is -2.09. The smallest absolute Gasteiger partial charge is 0.257 e. The van der Waals surface area contributed by atoms with Crippen LogP contribution in [0.1, 0.15) is 15.9 Å². The van der Waals surface area contributed by atoms with E-state index in [9.17, 15) is 9.00 Å². The summed E-state index contributed by atoms with van der Waals surface area (Å²) in [5.74, 6) is 0.403. The van der Waals surface area contributed by atoms with Crippen molar-refractivity contribution >= 4 is 22.4 Å². The van der Waals surface area contributed by atoms with Crippen molar-refractivity contribution in [2.24, 2.45) is 0 Å². The third kappa shape index (κ3) is 2.29. The number of carbonyl (C=O) groups excluding carboxylic acids is 1. The first-order valence-electron chi connectivity index (χ1n) is 5.97. The van der Waals surface area contributed by atoms with Gasteiger partial charge in [0.05, 0.1) is 26.9 Å². The van der Waals surface area contributed by atoms with Crippen LogP contribution in [0, 0.1) is 0 Å². The Morgan fingerprint density at radius 2 is 2.16 bits per heavy atom. The molecule has 0 aliphatic carbocycles. The molecule has 0 fully saturated rings. The highest BCUT2D eigenvalue weighted by Gasteiger charge is 2.22. The summed E-state index contributed by atoms with van der Waals surface area (Å²) in [5, 5.41) is 2.82. The Labute approximate surface area is 113 Å². The lowest BCUT2D eigenvalue weighted by Crippen LogP contribution is -2.13. The maximum Gasteiger partial charge on any atom is 0.257 e. The Balaban J connectivity index is 1.91. The van der Waals surface area contributed by atoms with Crippen LogP contribution in [-0.4, -0.2) is 20.9 Å². The molecule has 1 amide bonds. The van der Waals surface area contributed by atoms with E-state index in [1.54, 1.807) is 24.4 Å². The van der Waals surface area contributed by atoms with Gasteiger partial charge in [0.2, 0.25) is 0 Å². The van der Waals surface area contributed by atoms with Crippen molar-refractivity contribution in [3.8, 4) is 0 Å². The first kappa shape index (κ1) is 12.0. The van der Waals surface area contributed by atoms with Crippen molar-refractivity contribution in [3.63, 3.8) is 0 Å². The number of carbonyl (C=O) groups is 1. The minimum absolute atomic E-state index is 0.231. The third-order valence-electron chi connectivity index (χ3n) is 3.05. The van der Waals surface area contributed by atoms with Crippen LogP contribution < -0.4 is 5.32 Å². The summed E-state index contributed by atoms with van der Waals surface area (Å²) in [6.45, 7) is 0. The normalized spacial score (nSPS) is 16.9. The van der Waals surface area contributed by atoms with Crippen LogP contribution in [-0.2, 0) is 17.2 Å². The monoisotopic (exact) mass is 272 g/mol. The van der Waals surface area contributed by atoms with Gasteiger partial charge in [0.15, 0.2) is 0 Å². The highest BCUT2D eigenvalue weighted by Crippen LogP contribution is 2.30. The van der Waals surface area contributed by atoms with Gasteiger partial charge in [0.1, 0.15) is 0 Å². The van der Waals surface area contributed by atoms with Gasteiger partial charge in [-0.2, -0.15) is 0 Å². The molecule has 1 atom stereocenters. The van der Waals surface area contributed by atoms with Gasteiger partial charge in [-0.05, 0) is 30.2 Å². The highest BCUT2D eigenvalue weighted by molar-refractivity contribution is 7.85. The van der Waals surface area contributed by atoms with E-state index in [0.717, 1.165) is 16.9 Å². The zero-order valence-corrected chi connectivity index (χ0v) is 10.9. The number of amides is 1. The van der Waals surface area contributed by atoms with Crippen LogP contribution in [0.2, 0.25) is 0 Å². The molecular formula is C14H12N2O2S. The molecule has 96 valence electrons. The summed E-state index contributed by atoms with van der Waals surface area (Å²) >= 11 is 0. The minimum Gasteiger partial charge on any atom is -0.321 e. The lowest BCUT2D eigenvalue weighted by atomic mass is 10.1. The molecule has 0 spiro atoms. The molecule has 1 aromatic carbocycles. The number of hydrogen-bond donors (Lipinski definition) is 1. The summed E-state index contributed by atoms with van der Waals surface area (Å²) in [6.07, 6.45) is 3.93. The van der Waals surface area contributed by atoms with Crippen molar-refractivity contribution in [1.82, 2.24) is 4.98 Å². The highest BCUT2D eigenvalue weighted by atomic mass is 32.2. The number of aromatic nitrogens is 1. The number of nitrogens with zero attached hydrogens (tertiary/aromatic N) is 1. The fraction of sp³-hybridized carbons (Fsp3) is 0.143. The molecule has 0 radical (unpaired) electrons. The molecule has 19 heavy (non-hydrogen) atoms. The van der Waals surface area contributed by atoms with E-state index < -0.39 is 10.8 Å². The van der Waals surface area contributed by atoms with E-state index in [1.165, 1.54) is 6.20 Å². The van der Waals surface area contributed by atoms with E-state index >= 15 is 0 Å². The van der Waals surface area contributed by atoms with Gasteiger partial charge >= 0.3 is 0 Å². The second kappa shape index (κ2) is 4.93. The van der Waals surface area contributed by atoms with Crippen LogP contribution >= 0.6 is 0 Å². The van der Waals surface area contributed by atoms with Crippen LogP contribution in [0.3, 0.4) is 0 Å². The van der Waals surface area contributed by atoms with Crippen molar-refractivity contribution in [2.45, 2.75) is 11.3 Å². The quantitative estimate of drug-likeness (QED) is 0.909. The number of nitrogens with one attached hydrogen (secondary N) is 1. The summed E-state index contributed by atoms with van der Waals surface area (Å²) in [4.78, 5) is 16.7. The molecule has 4 nitrogen and oxygen atoms in total. The molecule has 1 unspecified atom stereocenters. The Hall–Kier alpha value is -2.01. The van der Waals surface area contributed by atoms with Crippen LogP contribution in [0.4, 0.5) is 5.69 Å². The molecule has 0 bridgehead atoms. The fourth-order valence-electron chi connectivity index (χ4n) is 2.15. The minimum atomic E-state index is -1.01. The van der Waals surface area contributed by atoms with Gasteiger partial charge in [-0.15, -0.1) is 0 Å². The van der Waals surface area contributed by atoms with E-state index in [0.29, 0.717) is 17.0 Å². The molecule has 1 aromatic heterocycles. The van der Waals surface area contributed by atoms with Gasteiger partial charge in [-0.25, -0.2) is 0 Å². The predicted molar refractivity (Wildman–Crippen MR) is 73.6 cm³/mol. The first-order chi connectivity index (χ1) is 9.25. The van der Waals surface area contributed by atoms with Gasteiger partial charge in [0, 0.05) is 18.1 Å². The number of rotatable bonds is 2. The molecule has 2 aromatic rings. The summed E-state index contributed by atoms with van der Waals surface area (Å²) in [6, 6.07) is 9.03. The number of aryl methyl sites for hydroxylation is 1. The van der Waals surface area contributed by atoms with Crippen molar-refractivity contribution in [2.75, 3.05) is 11.1 Å². The second-order valence-corrected chi connectivity index (χ2v) is 5.80. The number of fused-ring (bicyclic) bond motifs is 1. The molecule has 0 saturated heterocycles. The van der Waals surface area contributed by atoms with Gasteiger partial charge < -0.3 is 5.32 Å². The average molecular weight is 272 g/mol. The Kier molecular flexibility index (Phi) is 3.13. The average Bonchev–Trinajstić information content (AvgIpc) is 2.83. The van der Waals surface area contributed by atoms with Crippen molar-refractivity contribution in [1.29, 1.82) is 0 Å². The lowest BCUT2D eigenvalue weighted by molar-refractivity contribution is 0.102. The SMILES string of the molecule is O=C(Nc1cccc2c1S(=O)CC2)c1cccnc1. The van der Waals surface area contributed by atoms with E-state index in [4.69, 9.17) is 0 Å². The summed E-state index contributed by atoms with van der Waals surface area (Å²) in [7, 11) is -1.01. The van der Waals surface area contributed by atoms with Crippen LogP contribution in [0.25, 0.3) is 0 Å². The molecule has 5 heteroatoms. The topological polar surface area (TPSA) is 59.1 Å².